The highest BCUT2D eigenvalue weighted by atomic mass is 16.5. The summed E-state index contributed by atoms with van der Waals surface area (Å²) in [5, 5.41) is 11.2. The van der Waals surface area contributed by atoms with Crippen molar-refractivity contribution < 1.29 is 14.3 Å². The van der Waals surface area contributed by atoms with Crippen molar-refractivity contribution in [3.8, 4) is 5.75 Å². The van der Waals surface area contributed by atoms with E-state index in [0.29, 0.717) is 24.8 Å². The van der Waals surface area contributed by atoms with Crippen LogP contribution in [-0.2, 0) is 4.79 Å². The minimum absolute atomic E-state index is 0.122. The molecule has 0 unspecified atom stereocenters. The van der Waals surface area contributed by atoms with Crippen LogP contribution in [0.25, 0.3) is 10.8 Å². The molecule has 0 saturated heterocycles. The van der Waals surface area contributed by atoms with E-state index < -0.39 is 11.9 Å². The monoisotopic (exact) mass is 357 g/mol. The third kappa shape index (κ3) is 4.93. The molecule has 2 aromatic rings. The number of hydrogen-bond donors (Lipinski definition) is 5. The van der Waals surface area contributed by atoms with Gasteiger partial charge in [0.2, 0.25) is 0 Å². The summed E-state index contributed by atoms with van der Waals surface area (Å²) in [5.41, 5.74) is 16.8. The summed E-state index contributed by atoms with van der Waals surface area (Å²) >= 11 is 0. The van der Waals surface area contributed by atoms with E-state index in [1.165, 1.54) is 0 Å². The lowest BCUT2D eigenvalue weighted by Crippen LogP contribution is -2.36. The van der Waals surface area contributed by atoms with Crippen LogP contribution in [0, 0.1) is 5.41 Å². The number of ether oxygens (including phenoxy) is 1. The summed E-state index contributed by atoms with van der Waals surface area (Å²) in [5.74, 6) is -0.765. The van der Waals surface area contributed by atoms with Gasteiger partial charge >= 0.3 is 0 Å². The van der Waals surface area contributed by atoms with Crippen LogP contribution in [0.1, 0.15) is 23.2 Å². The number of primary amides is 1. The minimum atomic E-state index is -0.693. The third-order valence-electron chi connectivity index (χ3n) is 3.93. The molecule has 2 rings (SSSR count). The van der Waals surface area contributed by atoms with Crippen LogP contribution in [0.15, 0.2) is 36.4 Å². The number of amides is 1. The van der Waals surface area contributed by atoms with Gasteiger partial charge in [0.05, 0.1) is 11.6 Å². The summed E-state index contributed by atoms with van der Waals surface area (Å²) < 4.78 is 5.53. The third-order valence-corrected chi connectivity index (χ3v) is 3.93. The number of carbonyl (C=O) groups is 2. The molecule has 138 valence electrons. The molecule has 0 saturated carbocycles. The fourth-order valence-corrected chi connectivity index (χ4v) is 2.59. The van der Waals surface area contributed by atoms with Crippen molar-refractivity contribution in [1.29, 1.82) is 5.41 Å². The molecule has 0 aromatic heterocycles. The topological polar surface area (TPSA) is 157 Å². The second-order valence-electron chi connectivity index (χ2n) is 5.87. The van der Waals surface area contributed by atoms with Crippen LogP contribution in [-0.4, -0.2) is 36.8 Å². The zero-order chi connectivity index (χ0) is 19.1. The Morgan fingerprint density at radius 1 is 1.15 bits per heavy atom. The van der Waals surface area contributed by atoms with E-state index in [9.17, 15) is 9.59 Å². The second-order valence-corrected chi connectivity index (χ2v) is 5.87. The van der Waals surface area contributed by atoms with Crippen molar-refractivity contribution in [2.24, 2.45) is 17.2 Å². The van der Waals surface area contributed by atoms with Crippen LogP contribution in [0.5, 0.6) is 5.75 Å². The lowest BCUT2D eigenvalue weighted by atomic mass is 10.0. The SMILES string of the molecule is N=C(N)NCCC[C@H](N)C(=O)COc1ccc2ccccc2c1C(N)=O. The van der Waals surface area contributed by atoms with Gasteiger partial charge < -0.3 is 27.3 Å². The molecular formula is C18H23N5O3. The lowest BCUT2D eigenvalue weighted by molar-refractivity contribution is -0.122. The Kier molecular flexibility index (Phi) is 6.51. The molecule has 0 bridgehead atoms. The van der Waals surface area contributed by atoms with Gasteiger partial charge in [0.15, 0.2) is 11.7 Å². The van der Waals surface area contributed by atoms with Crippen molar-refractivity contribution in [1.82, 2.24) is 5.32 Å². The van der Waals surface area contributed by atoms with Gasteiger partial charge in [0, 0.05) is 6.54 Å². The van der Waals surface area contributed by atoms with Gasteiger partial charge in [0.1, 0.15) is 12.4 Å². The van der Waals surface area contributed by atoms with Gasteiger partial charge in [-0.25, -0.2) is 0 Å². The number of nitrogens with one attached hydrogen (secondary N) is 2. The van der Waals surface area contributed by atoms with Crippen LogP contribution in [0.4, 0.5) is 0 Å². The Bertz CT molecular complexity index is 822. The number of nitrogens with two attached hydrogens (primary N) is 3. The van der Waals surface area contributed by atoms with E-state index in [4.69, 9.17) is 27.3 Å². The van der Waals surface area contributed by atoms with E-state index in [1.807, 2.05) is 12.1 Å². The number of carbonyl (C=O) groups excluding carboxylic acids is 2. The smallest absolute Gasteiger partial charge is 0.253 e. The Labute approximate surface area is 151 Å². The van der Waals surface area contributed by atoms with Gasteiger partial charge in [-0.05, 0) is 29.7 Å². The predicted octanol–water partition coefficient (Wildman–Crippen LogP) is 0.477. The standard InChI is InChI=1S/C18H23N5O3/c19-13(6-3-9-23-18(21)22)14(24)10-26-15-8-7-11-4-1-2-5-12(11)16(15)17(20)25/h1-2,4-5,7-8,13H,3,6,9-10,19H2,(H2,20,25)(H4,21,22,23)/t13-/m0/s1. The first kappa shape index (κ1) is 19.2. The molecule has 0 aliphatic carbocycles. The van der Waals surface area contributed by atoms with Gasteiger partial charge in [-0.15, -0.1) is 0 Å². The summed E-state index contributed by atoms with van der Waals surface area (Å²) in [7, 11) is 0. The molecule has 0 spiro atoms. The fourth-order valence-electron chi connectivity index (χ4n) is 2.59. The van der Waals surface area contributed by atoms with E-state index >= 15 is 0 Å². The van der Waals surface area contributed by atoms with Crippen molar-refractivity contribution in [2.75, 3.05) is 13.2 Å². The number of Topliss-reactive ketones (excluding diaryl/α,β-unsaturated/α-hetero) is 1. The first-order valence-electron chi connectivity index (χ1n) is 8.20. The molecule has 8 nitrogen and oxygen atoms in total. The second kappa shape index (κ2) is 8.82. The average molecular weight is 357 g/mol. The molecule has 8 heteroatoms. The first-order chi connectivity index (χ1) is 12.4. The number of ketones is 1. The van der Waals surface area contributed by atoms with E-state index in [0.717, 1.165) is 5.39 Å². The highest BCUT2D eigenvalue weighted by Gasteiger charge is 2.18. The van der Waals surface area contributed by atoms with Gasteiger partial charge in [-0.1, -0.05) is 30.3 Å². The van der Waals surface area contributed by atoms with Crippen LogP contribution in [0.2, 0.25) is 0 Å². The van der Waals surface area contributed by atoms with E-state index in [-0.39, 0.29) is 29.7 Å². The molecule has 8 N–H and O–H groups in total. The predicted molar refractivity (Wildman–Crippen MR) is 100 cm³/mol. The summed E-state index contributed by atoms with van der Waals surface area (Å²) in [6.07, 6.45) is 1.03. The number of rotatable bonds is 9. The van der Waals surface area contributed by atoms with Crippen LogP contribution >= 0.6 is 0 Å². The summed E-state index contributed by atoms with van der Waals surface area (Å²) in [6, 6.07) is 10.0. The molecule has 2 aromatic carbocycles. The maximum Gasteiger partial charge on any atom is 0.253 e. The fraction of sp³-hybridized carbons (Fsp3) is 0.278. The molecule has 0 aliphatic heterocycles. The van der Waals surface area contributed by atoms with E-state index in [2.05, 4.69) is 5.32 Å². The molecule has 1 amide bonds. The first-order valence-corrected chi connectivity index (χ1v) is 8.20. The average Bonchev–Trinajstić information content (AvgIpc) is 2.61. The van der Waals surface area contributed by atoms with Crippen molar-refractivity contribution in [3.05, 3.63) is 42.0 Å². The molecule has 1 atom stereocenters. The molecule has 0 heterocycles. The highest BCUT2D eigenvalue weighted by Crippen LogP contribution is 2.27. The normalized spacial score (nSPS) is 11.7. The summed E-state index contributed by atoms with van der Waals surface area (Å²) in [6.45, 7) is 0.216. The van der Waals surface area contributed by atoms with Crippen molar-refractivity contribution >= 4 is 28.4 Å². The maximum absolute atomic E-state index is 12.1. The van der Waals surface area contributed by atoms with E-state index in [1.54, 1.807) is 24.3 Å². The highest BCUT2D eigenvalue weighted by molar-refractivity contribution is 6.08. The van der Waals surface area contributed by atoms with Gasteiger partial charge in [0.25, 0.3) is 5.91 Å². The van der Waals surface area contributed by atoms with Gasteiger partial charge in [-0.3, -0.25) is 15.0 Å². The number of benzene rings is 2. The molecular weight excluding hydrogens is 334 g/mol. The quantitative estimate of drug-likeness (QED) is 0.249. The molecule has 26 heavy (non-hydrogen) atoms. The zero-order valence-corrected chi connectivity index (χ0v) is 14.3. The van der Waals surface area contributed by atoms with Crippen molar-refractivity contribution in [2.45, 2.75) is 18.9 Å². The number of hydrogen-bond acceptors (Lipinski definition) is 5. The molecule has 0 fully saturated rings. The molecule has 0 radical (unpaired) electrons. The number of fused-ring (bicyclic) bond motifs is 1. The Balaban J connectivity index is 2.00. The lowest BCUT2D eigenvalue weighted by Gasteiger charge is -2.14. The Morgan fingerprint density at radius 3 is 2.58 bits per heavy atom. The van der Waals surface area contributed by atoms with Crippen LogP contribution in [0.3, 0.4) is 0 Å². The number of guanidine groups is 1. The largest absolute Gasteiger partial charge is 0.485 e. The maximum atomic E-state index is 12.1. The Hall–Kier alpha value is -3.13. The summed E-state index contributed by atoms with van der Waals surface area (Å²) in [4.78, 5) is 24.0. The van der Waals surface area contributed by atoms with Gasteiger partial charge in [-0.2, -0.15) is 0 Å². The Morgan fingerprint density at radius 2 is 1.88 bits per heavy atom. The molecule has 0 aliphatic rings. The van der Waals surface area contributed by atoms with Crippen LogP contribution < -0.4 is 27.3 Å². The zero-order valence-electron chi connectivity index (χ0n) is 14.3. The minimum Gasteiger partial charge on any atom is -0.485 e. The van der Waals surface area contributed by atoms with Crippen molar-refractivity contribution in [3.63, 3.8) is 0 Å².